The molecule has 1 aliphatic carbocycles. The molecule has 0 radical (unpaired) electrons. The number of amides is 2. The number of fused-ring (bicyclic) bond motifs is 1. The molecule has 18 heavy (non-hydrogen) atoms. The molecule has 2 N–H and O–H groups in total. The molecule has 1 aliphatic heterocycles. The zero-order valence-corrected chi connectivity index (χ0v) is 10.1. The number of benzene rings is 1. The number of anilines is 2. The van der Waals surface area contributed by atoms with Crippen LogP contribution < -0.4 is 15.4 Å². The van der Waals surface area contributed by atoms with Crippen molar-refractivity contribution in [2.45, 2.75) is 19.8 Å². The summed E-state index contributed by atoms with van der Waals surface area (Å²) >= 11 is 0. The number of carbonyl (C=O) groups excluding carboxylic acids is 2. The SMILES string of the molecule is Cc1cc2c(c(NC(=O)C3CC3)c1)OCC(=O)N2. The Bertz CT molecular complexity index is 535. The maximum Gasteiger partial charge on any atom is 0.262 e. The molecule has 94 valence electrons. The van der Waals surface area contributed by atoms with Crippen LogP contribution in [0, 0.1) is 12.8 Å². The van der Waals surface area contributed by atoms with Gasteiger partial charge in [0.15, 0.2) is 12.4 Å². The van der Waals surface area contributed by atoms with Gasteiger partial charge < -0.3 is 15.4 Å². The van der Waals surface area contributed by atoms with Gasteiger partial charge in [-0.15, -0.1) is 0 Å². The Morgan fingerprint density at radius 3 is 2.94 bits per heavy atom. The van der Waals surface area contributed by atoms with Crippen LogP contribution in [0.3, 0.4) is 0 Å². The smallest absolute Gasteiger partial charge is 0.262 e. The van der Waals surface area contributed by atoms with E-state index in [1.165, 1.54) is 0 Å². The van der Waals surface area contributed by atoms with Crippen molar-refractivity contribution in [1.29, 1.82) is 0 Å². The molecule has 0 unspecified atom stereocenters. The number of aryl methyl sites for hydroxylation is 1. The molecule has 2 amide bonds. The van der Waals surface area contributed by atoms with Crippen LogP contribution in [0.4, 0.5) is 11.4 Å². The van der Waals surface area contributed by atoms with Crippen LogP contribution in [0.5, 0.6) is 5.75 Å². The molecule has 1 saturated carbocycles. The van der Waals surface area contributed by atoms with Crippen molar-refractivity contribution in [3.63, 3.8) is 0 Å². The van der Waals surface area contributed by atoms with Crippen molar-refractivity contribution in [2.75, 3.05) is 17.2 Å². The number of ether oxygens (including phenoxy) is 1. The van der Waals surface area contributed by atoms with Crippen molar-refractivity contribution in [2.24, 2.45) is 5.92 Å². The fourth-order valence-electron chi connectivity index (χ4n) is 2.02. The van der Waals surface area contributed by atoms with E-state index in [4.69, 9.17) is 4.74 Å². The molecule has 1 aromatic rings. The van der Waals surface area contributed by atoms with Gasteiger partial charge >= 0.3 is 0 Å². The number of hydrogen-bond acceptors (Lipinski definition) is 3. The lowest BCUT2D eigenvalue weighted by atomic mass is 10.1. The lowest BCUT2D eigenvalue weighted by Gasteiger charge is -2.21. The second-order valence-electron chi connectivity index (χ2n) is 4.79. The van der Waals surface area contributed by atoms with Crippen molar-refractivity contribution in [3.8, 4) is 5.75 Å². The quantitative estimate of drug-likeness (QED) is 0.834. The van der Waals surface area contributed by atoms with Gasteiger partial charge in [-0.2, -0.15) is 0 Å². The zero-order valence-electron chi connectivity index (χ0n) is 10.1. The minimum absolute atomic E-state index is 0.0115. The van der Waals surface area contributed by atoms with Gasteiger partial charge in [-0.05, 0) is 37.5 Å². The Morgan fingerprint density at radius 2 is 2.22 bits per heavy atom. The van der Waals surface area contributed by atoms with E-state index in [1.54, 1.807) is 0 Å². The molecule has 1 heterocycles. The predicted molar refractivity (Wildman–Crippen MR) is 66.7 cm³/mol. The molecule has 0 aromatic heterocycles. The summed E-state index contributed by atoms with van der Waals surface area (Å²) in [6.07, 6.45) is 1.91. The Labute approximate surface area is 105 Å². The van der Waals surface area contributed by atoms with Crippen LogP contribution >= 0.6 is 0 Å². The van der Waals surface area contributed by atoms with E-state index in [2.05, 4.69) is 10.6 Å². The third-order valence-corrected chi connectivity index (χ3v) is 3.06. The molecule has 0 saturated heterocycles. The van der Waals surface area contributed by atoms with E-state index < -0.39 is 0 Å². The second kappa shape index (κ2) is 4.01. The van der Waals surface area contributed by atoms with Gasteiger partial charge in [-0.25, -0.2) is 0 Å². The number of rotatable bonds is 2. The van der Waals surface area contributed by atoms with E-state index in [9.17, 15) is 9.59 Å². The number of carbonyl (C=O) groups is 2. The topological polar surface area (TPSA) is 67.4 Å². The van der Waals surface area contributed by atoms with Crippen molar-refractivity contribution in [1.82, 2.24) is 0 Å². The summed E-state index contributed by atoms with van der Waals surface area (Å²) in [6.45, 7) is 1.90. The van der Waals surface area contributed by atoms with Crippen LogP contribution in [0.2, 0.25) is 0 Å². The monoisotopic (exact) mass is 246 g/mol. The summed E-state index contributed by atoms with van der Waals surface area (Å²) in [5.41, 5.74) is 2.23. The van der Waals surface area contributed by atoms with Gasteiger partial charge in [0.25, 0.3) is 5.91 Å². The lowest BCUT2D eigenvalue weighted by Crippen LogP contribution is -2.26. The van der Waals surface area contributed by atoms with Crippen LogP contribution in [-0.4, -0.2) is 18.4 Å². The Morgan fingerprint density at radius 1 is 1.44 bits per heavy atom. The molecule has 5 nitrogen and oxygen atoms in total. The zero-order chi connectivity index (χ0) is 12.7. The summed E-state index contributed by atoms with van der Waals surface area (Å²) in [4.78, 5) is 23.0. The van der Waals surface area contributed by atoms with Crippen molar-refractivity contribution >= 4 is 23.2 Å². The highest BCUT2D eigenvalue weighted by Gasteiger charge is 2.31. The minimum Gasteiger partial charge on any atom is -0.479 e. The molecule has 0 atom stereocenters. The summed E-state index contributed by atoms with van der Waals surface area (Å²) < 4.78 is 5.40. The summed E-state index contributed by atoms with van der Waals surface area (Å²) in [6, 6.07) is 3.69. The Balaban J connectivity index is 1.92. The van der Waals surface area contributed by atoms with E-state index in [-0.39, 0.29) is 24.3 Å². The standard InChI is InChI=1S/C13H14N2O3/c1-7-4-9-12(18-6-11(16)14-9)10(5-7)15-13(17)8-2-3-8/h4-5,8H,2-3,6H2,1H3,(H,14,16)(H,15,17). The molecule has 3 rings (SSSR count). The third-order valence-electron chi connectivity index (χ3n) is 3.06. The average Bonchev–Trinajstić information content (AvgIpc) is 3.11. The molecular formula is C13H14N2O3. The lowest BCUT2D eigenvalue weighted by molar-refractivity contribution is -0.118. The first-order valence-electron chi connectivity index (χ1n) is 6.01. The summed E-state index contributed by atoms with van der Waals surface area (Å²) in [5.74, 6) is 0.546. The number of nitrogens with one attached hydrogen (secondary N) is 2. The number of hydrogen-bond donors (Lipinski definition) is 2. The first-order chi connectivity index (χ1) is 8.63. The van der Waals surface area contributed by atoms with Crippen LogP contribution in [0.15, 0.2) is 12.1 Å². The molecule has 1 aromatic carbocycles. The van der Waals surface area contributed by atoms with Gasteiger partial charge in [0, 0.05) is 5.92 Å². The fraction of sp³-hybridized carbons (Fsp3) is 0.385. The molecule has 5 heteroatoms. The largest absolute Gasteiger partial charge is 0.479 e. The fourth-order valence-corrected chi connectivity index (χ4v) is 2.02. The highest BCUT2D eigenvalue weighted by Crippen LogP contribution is 2.38. The van der Waals surface area contributed by atoms with E-state index >= 15 is 0 Å². The maximum absolute atomic E-state index is 11.8. The summed E-state index contributed by atoms with van der Waals surface area (Å²) in [5, 5.41) is 5.62. The maximum atomic E-state index is 11.8. The molecular weight excluding hydrogens is 232 g/mol. The van der Waals surface area contributed by atoms with Gasteiger partial charge in [0.1, 0.15) is 0 Å². The highest BCUT2D eigenvalue weighted by atomic mass is 16.5. The van der Waals surface area contributed by atoms with E-state index in [1.807, 2.05) is 19.1 Å². The van der Waals surface area contributed by atoms with Gasteiger partial charge in [-0.1, -0.05) is 0 Å². The molecule has 0 spiro atoms. The highest BCUT2D eigenvalue weighted by molar-refractivity contribution is 6.01. The van der Waals surface area contributed by atoms with Crippen LogP contribution in [-0.2, 0) is 9.59 Å². The first-order valence-corrected chi connectivity index (χ1v) is 6.01. The predicted octanol–water partition coefficient (Wildman–Crippen LogP) is 1.67. The van der Waals surface area contributed by atoms with Crippen LogP contribution in [0.1, 0.15) is 18.4 Å². The summed E-state index contributed by atoms with van der Waals surface area (Å²) in [7, 11) is 0. The van der Waals surface area contributed by atoms with Gasteiger partial charge in [0.2, 0.25) is 5.91 Å². The van der Waals surface area contributed by atoms with E-state index in [0.29, 0.717) is 17.1 Å². The molecule has 2 aliphatic rings. The molecule has 0 bridgehead atoms. The van der Waals surface area contributed by atoms with Crippen molar-refractivity contribution < 1.29 is 14.3 Å². The van der Waals surface area contributed by atoms with Gasteiger partial charge in [0.05, 0.1) is 11.4 Å². The Hall–Kier alpha value is -2.04. The second-order valence-corrected chi connectivity index (χ2v) is 4.79. The minimum atomic E-state index is -0.174. The van der Waals surface area contributed by atoms with E-state index in [0.717, 1.165) is 18.4 Å². The van der Waals surface area contributed by atoms with Crippen LogP contribution in [0.25, 0.3) is 0 Å². The molecule has 1 fully saturated rings. The van der Waals surface area contributed by atoms with Crippen molar-refractivity contribution in [3.05, 3.63) is 17.7 Å². The van der Waals surface area contributed by atoms with Gasteiger partial charge in [-0.3, -0.25) is 9.59 Å². The normalized spacial score (nSPS) is 17.5. The average molecular weight is 246 g/mol. The third kappa shape index (κ3) is 2.03. The Kier molecular flexibility index (Phi) is 2.47. The first kappa shape index (κ1) is 11.1.